The Labute approximate surface area is 160 Å². The van der Waals surface area contributed by atoms with Gasteiger partial charge in [0.05, 0.1) is 23.3 Å². The van der Waals surface area contributed by atoms with Crippen molar-refractivity contribution in [3.05, 3.63) is 59.4 Å². The summed E-state index contributed by atoms with van der Waals surface area (Å²) in [6.45, 7) is 9.89. The van der Waals surface area contributed by atoms with Gasteiger partial charge in [0.25, 0.3) is 0 Å². The summed E-state index contributed by atoms with van der Waals surface area (Å²) in [6.07, 6.45) is 0.164. The van der Waals surface area contributed by atoms with Gasteiger partial charge in [0.15, 0.2) is 0 Å². The summed E-state index contributed by atoms with van der Waals surface area (Å²) in [7, 11) is -0.431. The van der Waals surface area contributed by atoms with E-state index in [4.69, 9.17) is 9.31 Å². The maximum absolute atomic E-state index is 13.8. The Hall–Kier alpha value is -2.18. The highest BCUT2D eigenvalue weighted by atomic mass is 19.1. The van der Waals surface area contributed by atoms with Gasteiger partial charge < -0.3 is 14.6 Å². The molecular weight excluding hydrogens is 344 g/mol. The second kappa shape index (κ2) is 7.10. The number of carbonyl (C=O) groups is 1. The standard InChI is InChI=1S/C21H25BFNO3/c1-14-6-11-17(23)18(12-14)24-19(25)13-15-7-9-16(10-8-15)22-26-20(2,3)21(4,5)27-22/h6-12H,13H2,1-5H3,(H,24,25). The van der Waals surface area contributed by atoms with Crippen LogP contribution in [0.5, 0.6) is 0 Å². The molecule has 142 valence electrons. The van der Waals surface area contributed by atoms with E-state index in [1.807, 2.05) is 58.9 Å². The molecule has 0 saturated carbocycles. The van der Waals surface area contributed by atoms with Crippen molar-refractivity contribution in [3.63, 3.8) is 0 Å². The molecule has 1 heterocycles. The normalized spacial score (nSPS) is 17.8. The third-order valence-corrected chi connectivity index (χ3v) is 5.27. The maximum atomic E-state index is 13.8. The van der Waals surface area contributed by atoms with Crippen molar-refractivity contribution in [2.24, 2.45) is 0 Å². The molecule has 1 fully saturated rings. The summed E-state index contributed by atoms with van der Waals surface area (Å²) in [4.78, 5) is 12.2. The van der Waals surface area contributed by atoms with Gasteiger partial charge in [0.2, 0.25) is 5.91 Å². The summed E-state index contributed by atoms with van der Waals surface area (Å²) < 4.78 is 25.8. The van der Waals surface area contributed by atoms with E-state index in [9.17, 15) is 9.18 Å². The number of hydrogen-bond donors (Lipinski definition) is 1. The van der Waals surface area contributed by atoms with Gasteiger partial charge in [0, 0.05) is 0 Å². The van der Waals surface area contributed by atoms with Crippen LogP contribution in [-0.2, 0) is 20.5 Å². The van der Waals surface area contributed by atoms with Gasteiger partial charge in [-0.2, -0.15) is 0 Å². The van der Waals surface area contributed by atoms with Crippen LogP contribution in [0.2, 0.25) is 0 Å². The van der Waals surface area contributed by atoms with Crippen LogP contribution in [0.15, 0.2) is 42.5 Å². The molecule has 0 radical (unpaired) electrons. The summed E-state index contributed by atoms with van der Waals surface area (Å²) in [5.74, 6) is -0.701. The molecule has 4 nitrogen and oxygen atoms in total. The van der Waals surface area contributed by atoms with Gasteiger partial charge in [0.1, 0.15) is 5.82 Å². The molecule has 3 rings (SSSR count). The molecule has 1 aliphatic heterocycles. The van der Waals surface area contributed by atoms with E-state index >= 15 is 0 Å². The van der Waals surface area contributed by atoms with Crippen molar-refractivity contribution in [3.8, 4) is 0 Å². The van der Waals surface area contributed by atoms with Crippen LogP contribution < -0.4 is 10.8 Å². The number of aryl methyl sites for hydroxylation is 1. The number of carbonyl (C=O) groups excluding carboxylic acids is 1. The lowest BCUT2D eigenvalue weighted by Gasteiger charge is -2.32. The van der Waals surface area contributed by atoms with E-state index in [0.717, 1.165) is 16.6 Å². The summed E-state index contributed by atoms with van der Waals surface area (Å²) in [5.41, 5.74) is 2.04. The SMILES string of the molecule is Cc1ccc(F)c(NC(=O)Cc2ccc(B3OC(C)(C)C(C)(C)O3)cc2)c1. The lowest BCUT2D eigenvalue weighted by Crippen LogP contribution is -2.41. The molecule has 1 N–H and O–H groups in total. The Morgan fingerprint density at radius 2 is 1.63 bits per heavy atom. The molecule has 1 saturated heterocycles. The number of rotatable bonds is 4. The average molecular weight is 369 g/mol. The van der Waals surface area contributed by atoms with Crippen LogP contribution in [0.4, 0.5) is 10.1 Å². The van der Waals surface area contributed by atoms with Crippen LogP contribution in [0.25, 0.3) is 0 Å². The maximum Gasteiger partial charge on any atom is 0.494 e. The van der Waals surface area contributed by atoms with E-state index in [0.29, 0.717) is 0 Å². The molecule has 2 aromatic rings. The van der Waals surface area contributed by atoms with E-state index in [-0.39, 0.29) is 18.0 Å². The molecule has 0 bridgehead atoms. The number of halogens is 1. The number of hydrogen-bond acceptors (Lipinski definition) is 3. The highest BCUT2D eigenvalue weighted by Gasteiger charge is 2.51. The summed E-state index contributed by atoms with van der Waals surface area (Å²) in [6, 6.07) is 12.2. The van der Waals surface area contributed by atoms with Gasteiger partial charge in [-0.05, 0) is 63.3 Å². The van der Waals surface area contributed by atoms with E-state index in [2.05, 4.69) is 5.32 Å². The molecule has 6 heteroatoms. The molecule has 27 heavy (non-hydrogen) atoms. The number of benzene rings is 2. The Bertz CT molecular complexity index is 833. The molecule has 0 aromatic heterocycles. The van der Waals surface area contributed by atoms with E-state index in [1.54, 1.807) is 12.1 Å². The monoisotopic (exact) mass is 369 g/mol. The molecule has 0 aliphatic carbocycles. The first-order valence-electron chi connectivity index (χ1n) is 9.08. The Morgan fingerprint density at radius 1 is 1.04 bits per heavy atom. The van der Waals surface area contributed by atoms with Crippen molar-refractivity contribution in [1.82, 2.24) is 0 Å². The predicted octanol–water partition coefficient (Wildman–Crippen LogP) is 3.61. The van der Waals surface area contributed by atoms with Gasteiger partial charge >= 0.3 is 7.12 Å². The number of anilines is 1. The quantitative estimate of drug-likeness (QED) is 0.838. The largest absolute Gasteiger partial charge is 0.494 e. The zero-order valence-corrected chi connectivity index (χ0v) is 16.4. The van der Waals surface area contributed by atoms with Gasteiger partial charge in [-0.15, -0.1) is 0 Å². The van der Waals surface area contributed by atoms with Crippen molar-refractivity contribution in [1.29, 1.82) is 0 Å². The summed E-state index contributed by atoms with van der Waals surface area (Å²) >= 11 is 0. The fourth-order valence-corrected chi connectivity index (χ4v) is 2.89. The second-order valence-electron chi connectivity index (χ2n) is 8.04. The lowest BCUT2D eigenvalue weighted by molar-refractivity contribution is -0.115. The minimum Gasteiger partial charge on any atom is -0.399 e. The van der Waals surface area contributed by atoms with Crippen LogP contribution in [-0.4, -0.2) is 24.2 Å². The van der Waals surface area contributed by atoms with Crippen molar-refractivity contribution in [2.75, 3.05) is 5.32 Å². The molecule has 0 atom stereocenters. The van der Waals surface area contributed by atoms with Crippen LogP contribution in [0.3, 0.4) is 0 Å². The van der Waals surface area contributed by atoms with Crippen LogP contribution >= 0.6 is 0 Å². The first kappa shape index (κ1) is 19.6. The van der Waals surface area contributed by atoms with E-state index in [1.165, 1.54) is 6.07 Å². The van der Waals surface area contributed by atoms with Gasteiger partial charge in [-0.25, -0.2) is 4.39 Å². The number of amides is 1. The minimum absolute atomic E-state index is 0.164. The zero-order valence-electron chi connectivity index (χ0n) is 16.4. The van der Waals surface area contributed by atoms with E-state index < -0.39 is 24.1 Å². The molecule has 0 spiro atoms. The molecule has 1 amide bonds. The van der Waals surface area contributed by atoms with Gasteiger partial charge in [-0.3, -0.25) is 4.79 Å². The highest BCUT2D eigenvalue weighted by molar-refractivity contribution is 6.62. The Balaban J connectivity index is 1.64. The van der Waals surface area contributed by atoms with Crippen molar-refractivity contribution >= 4 is 24.2 Å². The fraction of sp³-hybridized carbons (Fsp3) is 0.381. The Morgan fingerprint density at radius 3 is 2.22 bits per heavy atom. The predicted molar refractivity (Wildman–Crippen MR) is 106 cm³/mol. The summed E-state index contributed by atoms with van der Waals surface area (Å²) in [5, 5.41) is 2.63. The molecule has 2 aromatic carbocycles. The van der Waals surface area contributed by atoms with Crippen LogP contribution in [0, 0.1) is 12.7 Å². The molecule has 0 unspecified atom stereocenters. The zero-order chi connectivity index (χ0) is 19.8. The highest BCUT2D eigenvalue weighted by Crippen LogP contribution is 2.36. The first-order valence-corrected chi connectivity index (χ1v) is 9.08. The average Bonchev–Trinajstić information content (AvgIpc) is 2.79. The van der Waals surface area contributed by atoms with Crippen molar-refractivity contribution in [2.45, 2.75) is 52.2 Å². The number of nitrogens with one attached hydrogen (secondary N) is 1. The van der Waals surface area contributed by atoms with Gasteiger partial charge in [-0.1, -0.05) is 30.3 Å². The van der Waals surface area contributed by atoms with Crippen molar-refractivity contribution < 1.29 is 18.5 Å². The fourth-order valence-electron chi connectivity index (χ4n) is 2.89. The smallest absolute Gasteiger partial charge is 0.399 e. The molecule has 1 aliphatic rings. The topological polar surface area (TPSA) is 47.6 Å². The minimum atomic E-state index is -0.440. The Kier molecular flexibility index (Phi) is 5.15. The first-order chi connectivity index (χ1) is 12.6. The molecular formula is C21H25BFNO3. The second-order valence-corrected chi connectivity index (χ2v) is 8.04. The third-order valence-electron chi connectivity index (χ3n) is 5.27. The third kappa shape index (κ3) is 4.23. The lowest BCUT2D eigenvalue weighted by atomic mass is 9.79. The van der Waals surface area contributed by atoms with Crippen LogP contribution in [0.1, 0.15) is 38.8 Å².